The molecule has 0 saturated heterocycles. The van der Waals surface area contributed by atoms with Gasteiger partial charge < -0.3 is 10.5 Å². The number of nitro benzene ring substituents is 1. The second-order valence-corrected chi connectivity index (χ2v) is 5.82. The maximum Gasteiger partial charge on any atom is 0.270 e. The number of benzene rings is 1. The zero-order chi connectivity index (χ0) is 13.8. The van der Waals surface area contributed by atoms with Crippen LogP contribution in [-0.4, -0.2) is 32.7 Å². The molecular weight excluding hydrogens is 260 g/mol. The van der Waals surface area contributed by atoms with Gasteiger partial charge in [0.1, 0.15) is 5.75 Å². The van der Waals surface area contributed by atoms with Crippen LogP contribution in [0.15, 0.2) is 18.2 Å². The lowest BCUT2D eigenvalue weighted by molar-refractivity contribution is -0.384. The van der Waals surface area contributed by atoms with Gasteiger partial charge in [0.15, 0.2) is 9.84 Å². The van der Waals surface area contributed by atoms with Crippen molar-refractivity contribution in [3.8, 4) is 5.75 Å². The minimum absolute atomic E-state index is 0.0135. The molecule has 0 fully saturated rings. The van der Waals surface area contributed by atoms with E-state index in [-0.39, 0.29) is 29.3 Å². The third-order valence-electron chi connectivity index (χ3n) is 2.28. The Bertz CT molecular complexity index is 541. The van der Waals surface area contributed by atoms with E-state index in [9.17, 15) is 18.5 Å². The van der Waals surface area contributed by atoms with Gasteiger partial charge in [0.2, 0.25) is 0 Å². The molecule has 0 spiro atoms. The first kappa shape index (κ1) is 14.4. The predicted molar refractivity (Wildman–Crippen MR) is 66.2 cm³/mol. The standard InChI is InChI=1S/C10H14N2O5S/c1-17-10-3-2-9(12(13)14)6-8(10)7-18(15,16)5-4-11/h2-3,6H,4-5,7,11H2,1H3. The largest absolute Gasteiger partial charge is 0.496 e. The van der Waals surface area contributed by atoms with Gasteiger partial charge in [-0.2, -0.15) is 0 Å². The van der Waals surface area contributed by atoms with Gasteiger partial charge in [0.05, 0.1) is 23.5 Å². The third-order valence-corrected chi connectivity index (χ3v) is 3.89. The van der Waals surface area contributed by atoms with E-state index < -0.39 is 14.8 Å². The molecule has 1 rings (SSSR count). The Kier molecular flexibility index (Phi) is 4.62. The molecule has 0 aliphatic heterocycles. The van der Waals surface area contributed by atoms with Crippen molar-refractivity contribution in [2.45, 2.75) is 5.75 Å². The lowest BCUT2D eigenvalue weighted by Crippen LogP contribution is -2.17. The van der Waals surface area contributed by atoms with Crippen LogP contribution in [0.2, 0.25) is 0 Å². The summed E-state index contributed by atoms with van der Waals surface area (Å²) in [6, 6.07) is 3.84. The highest BCUT2D eigenvalue weighted by Crippen LogP contribution is 2.25. The molecule has 0 aliphatic rings. The average molecular weight is 274 g/mol. The van der Waals surface area contributed by atoms with Gasteiger partial charge in [-0.3, -0.25) is 10.1 Å². The molecule has 0 radical (unpaired) electrons. The van der Waals surface area contributed by atoms with Crippen LogP contribution >= 0.6 is 0 Å². The third kappa shape index (κ3) is 3.67. The summed E-state index contributed by atoms with van der Waals surface area (Å²) in [6.07, 6.45) is 0. The summed E-state index contributed by atoms with van der Waals surface area (Å²) in [4.78, 5) is 10.1. The van der Waals surface area contributed by atoms with Crippen LogP contribution in [0.3, 0.4) is 0 Å². The fraction of sp³-hybridized carbons (Fsp3) is 0.400. The minimum Gasteiger partial charge on any atom is -0.496 e. The van der Waals surface area contributed by atoms with E-state index in [1.165, 1.54) is 25.3 Å². The highest BCUT2D eigenvalue weighted by molar-refractivity contribution is 7.90. The van der Waals surface area contributed by atoms with Crippen molar-refractivity contribution >= 4 is 15.5 Å². The molecular formula is C10H14N2O5S. The van der Waals surface area contributed by atoms with Crippen molar-refractivity contribution in [3.63, 3.8) is 0 Å². The highest BCUT2D eigenvalue weighted by atomic mass is 32.2. The van der Waals surface area contributed by atoms with E-state index in [2.05, 4.69) is 0 Å². The zero-order valence-electron chi connectivity index (χ0n) is 9.83. The number of nitro groups is 1. The molecule has 1 aromatic rings. The molecule has 100 valence electrons. The number of methoxy groups -OCH3 is 1. The Morgan fingerprint density at radius 1 is 1.44 bits per heavy atom. The van der Waals surface area contributed by atoms with Gasteiger partial charge in [-0.1, -0.05) is 0 Å². The van der Waals surface area contributed by atoms with Crippen LogP contribution in [0.25, 0.3) is 0 Å². The lowest BCUT2D eigenvalue weighted by Gasteiger charge is -2.08. The number of hydrogen-bond donors (Lipinski definition) is 1. The van der Waals surface area contributed by atoms with Crippen molar-refractivity contribution in [1.29, 1.82) is 0 Å². The van der Waals surface area contributed by atoms with E-state index in [0.717, 1.165) is 0 Å². The van der Waals surface area contributed by atoms with Gasteiger partial charge >= 0.3 is 0 Å². The fourth-order valence-electron chi connectivity index (χ4n) is 1.48. The van der Waals surface area contributed by atoms with Crippen LogP contribution in [0, 0.1) is 10.1 Å². The quantitative estimate of drug-likeness (QED) is 0.596. The monoisotopic (exact) mass is 274 g/mol. The second-order valence-electron chi connectivity index (χ2n) is 3.63. The summed E-state index contributed by atoms with van der Waals surface area (Å²) >= 11 is 0. The first-order valence-corrected chi connectivity index (χ1v) is 6.93. The van der Waals surface area contributed by atoms with E-state index >= 15 is 0 Å². The summed E-state index contributed by atoms with van der Waals surface area (Å²) in [5.74, 6) is -0.185. The molecule has 0 heterocycles. The molecule has 0 aliphatic carbocycles. The summed E-state index contributed by atoms with van der Waals surface area (Å²) in [5, 5.41) is 10.6. The number of nitrogens with zero attached hydrogens (tertiary/aromatic N) is 1. The predicted octanol–water partition coefficient (Wildman–Crippen LogP) is 0.477. The molecule has 0 aromatic heterocycles. The van der Waals surface area contributed by atoms with Gasteiger partial charge in [-0.25, -0.2) is 8.42 Å². The smallest absolute Gasteiger partial charge is 0.270 e. The van der Waals surface area contributed by atoms with Gasteiger partial charge in [-0.05, 0) is 6.07 Å². The molecule has 8 heteroatoms. The van der Waals surface area contributed by atoms with Crippen LogP contribution in [0.5, 0.6) is 5.75 Å². The molecule has 7 nitrogen and oxygen atoms in total. The zero-order valence-corrected chi connectivity index (χ0v) is 10.6. The number of nitrogens with two attached hydrogens (primary N) is 1. The van der Waals surface area contributed by atoms with Gasteiger partial charge in [0, 0.05) is 24.2 Å². The number of ether oxygens (including phenoxy) is 1. The van der Waals surface area contributed by atoms with Crippen LogP contribution in [-0.2, 0) is 15.6 Å². The van der Waals surface area contributed by atoms with Gasteiger partial charge in [-0.15, -0.1) is 0 Å². The van der Waals surface area contributed by atoms with E-state index in [1.54, 1.807) is 0 Å². The maximum atomic E-state index is 11.6. The lowest BCUT2D eigenvalue weighted by atomic mass is 10.2. The molecule has 18 heavy (non-hydrogen) atoms. The number of hydrogen-bond acceptors (Lipinski definition) is 6. The molecule has 0 amide bonds. The summed E-state index contributed by atoms with van der Waals surface area (Å²) in [7, 11) is -2.01. The average Bonchev–Trinajstić information content (AvgIpc) is 2.28. The van der Waals surface area contributed by atoms with Crippen molar-refractivity contribution in [1.82, 2.24) is 0 Å². The first-order valence-electron chi connectivity index (χ1n) is 5.11. The Balaban J connectivity index is 3.13. The van der Waals surface area contributed by atoms with Gasteiger partial charge in [0.25, 0.3) is 5.69 Å². The molecule has 0 atom stereocenters. The topological polar surface area (TPSA) is 113 Å². The second kappa shape index (κ2) is 5.78. The summed E-state index contributed by atoms with van der Waals surface area (Å²) in [5.41, 5.74) is 5.29. The minimum atomic E-state index is -3.39. The van der Waals surface area contributed by atoms with Crippen molar-refractivity contribution in [3.05, 3.63) is 33.9 Å². The van der Waals surface area contributed by atoms with E-state index in [1.807, 2.05) is 0 Å². The normalized spacial score (nSPS) is 11.2. The molecule has 0 saturated carbocycles. The number of rotatable bonds is 6. The number of sulfone groups is 1. The Labute approximate surface area is 105 Å². The van der Waals surface area contributed by atoms with Crippen molar-refractivity contribution in [2.24, 2.45) is 5.73 Å². The Morgan fingerprint density at radius 3 is 2.61 bits per heavy atom. The van der Waals surface area contributed by atoms with E-state index in [0.29, 0.717) is 5.75 Å². The first-order chi connectivity index (χ1) is 8.39. The maximum absolute atomic E-state index is 11.6. The summed E-state index contributed by atoms with van der Waals surface area (Å²) < 4.78 is 28.3. The van der Waals surface area contributed by atoms with Crippen LogP contribution in [0.4, 0.5) is 5.69 Å². The molecule has 0 unspecified atom stereocenters. The summed E-state index contributed by atoms with van der Waals surface area (Å²) in [6.45, 7) is 0.0135. The Morgan fingerprint density at radius 2 is 2.11 bits per heavy atom. The van der Waals surface area contributed by atoms with Crippen molar-refractivity contribution in [2.75, 3.05) is 19.4 Å². The van der Waals surface area contributed by atoms with Crippen molar-refractivity contribution < 1.29 is 18.1 Å². The van der Waals surface area contributed by atoms with E-state index in [4.69, 9.17) is 10.5 Å². The SMILES string of the molecule is COc1ccc([N+](=O)[O-])cc1CS(=O)(=O)CCN. The molecule has 2 N–H and O–H groups in total. The molecule has 0 bridgehead atoms. The highest BCUT2D eigenvalue weighted by Gasteiger charge is 2.17. The van der Waals surface area contributed by atoms with Crippen LogP contribution < -0.4 is 10.5 Å². The van der Waals surface area contributed by atoms with Crippen LogP contribution in [0.1, 0.15) is 5.56 Å². The fourth-order valence-corrected chi connectivity index (χ4v) is 2.68. The Hall–Kier alpha value is -1.67. The number of non-ortho nitro benzene ring substituents is 1. The molecule has 1 aromatic carbocycles.